The number of nitrogens with two attached hydrogens (primary N) is 1. The van der Waals surface area contributed by atoms with Gasteiger partial charge in [0.25, 0.3) is 0 Å². The van der Waals surface area contributed by atoms with Crippen molar-refractivity contribution < 1.29 is 0 Å². The lowest BCUT2D eigenvalue weighted by Crippen LogP contribution is -2.17. The van der Waals surface area contributed by atoms with Crippen LogP contribution in [0.5, 0.6) is 0 Å². The van der Waals surface area contributed by atoms with Gasteiger partial charge in [-0.1, -0.05) is 29.8 Å². The minimum Gasteiger partial charge on any atom is -0.322 e. The molecule has 0 bridgehead atoms. The van der Waals surface area contributed by atoms with Gasteiger partial charge in [-0.15, -0.1) is 0 Å². The number of aromatic nitrogens is 2. The van der Waals surface area contributed by atoms with Gasteiger partial charge in [0, 0.05) is 15.9 Å². The van der Waals surface area contributed by atoms with E-state index in [1.807, 2.05) is 12.1 Å². The fourth-order valence-electron chi connectivity index (χ4n) is 1.59. The number of benzene rings is 1. The van der Waals surface area contributed by atoms with Crippen LogP contribution in [0.1, 0.15) is 25.6 Å². The molecule has 1 unspecified atom stereocenters. The van der Waals surface area contributed by atoms with E-state index in [0.717, 1.165) is 21.1 Å². The van der Waals surface area contributed by atoms with Crippen LogP contribution in [0.4, 0.5) is 0 Å². The van der Waals surface area contributed by atoms with Crippen molar-refractivity contribution in [1.82, 2.24) is 10.2 Å². The zero-order chi connectivity index (χ0) is 11.0. The van der Waals surface area contributed by atoms with E-state index >= 15 is 0 Å². The summed E-state index contributed by atoms with van der Waals surface area (Å²) >= 11 is 3.45. The Balaban J connectivity index is 2.56. The first-order chi connectivity index (χ1) is 7.09. The fourth-order valence-corrected chi connectivity index (χ4v) is 1.95. The molecule has 3 N–H and O–H groups in total. The van der Waals surface area contributed by atoms with Gasteiger partial charge < -0.3 is 5.73 Å². The zero-order valence-corrected chi connectivity index (χ0v) is 10.4. The summed E-state index contributed by atoms with van der Waals surface area (Å²) in [7, 11) is 0. The van der Waals surface area contributed by atoms with Crippen LogP contribution in [0, 0.1) is 5.92 Å². The zero-order valence-electron chi connectivity index (χ0n) is 8.79. The summed E-state index contributed by atoms with van der Waals surface area (Å²) < 4.78 is 1.05. The summed E-state index contributed by atoms with van der Waals surface area (Å²) in [6, 6.07) is 6.01. The van der Waals surface area contributed by atoms with Crippen LogP contribution in [-0.4, -0.2) is 10.2 Å². The summed E-state index contributed by atoms with van der Waals surface area (Å²) in [5.74, 6) is 0.396. The molecule has 4 heteroatoms. The molecule has 0 spiro atoms. The van der Waals surface area contributed by atoms with Crippen LogP contribution in [0.3, 0.4) is 0 Å². The molecular weight excluding hydrogens is 254 g/mol. The van der Waals surface area contributed by atoms with Gasteiger partial charge >= 0.3 is 0 Å². The van der Waals surface area contributed by atoms with Crippen LogP contribution >= 0.6 is 15.9 Å². The molecule has 0 aliphatic heterocycles. The Labute approximate surface area is 97.2 Å². The maximum Gasteiger partial charge on any atom is 0.0925 e. The lowest BCUT2D eigenvalue weighted by atomic mass is 9.99. The fraction of sp³-hybridized carbons (Fsp3) is 0.364. The van der Waals surface area contributed by atoms with Crippen molar-refractivity contribution >= 4 is 26.8 Å². The highest BCUT2D eigenvalue weighted by Crippen LogP contribution is 2.27. The molecule has 0 amide bonds. The Bertz CT molecular complexity index is 476. The van der Waals surface area contributed by atoms with Crippen LogP contribution < -0.4 is 5.73 Å². The van der Waals surface area contributed by atoms with Crippen molar-refractivity contribution in [3.8, 4) is 0 Å². The SMILES string of the molecule is CC(C)C(N)c1[nH]nc2ccc(Br)cc12. The number of H-pyrrole nitrogens is 1. The molecule has 2 rings (SSSR count). The highest BCUT2D eigenvalue weighted by molar-refractivity contribution is 9.10. The Hall–Kier alpha value is -0.870. The molecular formula is C11H14BrN3. The molecule has 1 aromatic carbocycles. The van der Waals surface area contributed by atoms with E-state index in [4.69, 9.17) is 5.73 Å². The third-order valence-electron chi connectivity index (χ3n) is 2.60. The van der Waals surface area contributed by atoms with Crippen LogP contribution in [0.2, 0.25) is 0 Å². The molecule has 1 heterocycles. The van der Waals surface area contributed by atoms with Gasteiger partial charge in [-0.2, -0.15) is 5.10 Å². The Morgan fingerprint density at radius 2 is 2.13 bits per heavy atom. The van der Waals surface area contributed by atoms with E-state index in [-0.39, 0.29) is 6.04 Å². The van der Waals surface area contributed by atoms with Crippen molar-refractivity contribution in [1.29, 1.82) is 0 Å². The minimum absolute atomic E-state index is 0.00398. The van der Waals surface area contributed by atoms with Crippen molar-refractivity contribution in [3.05, 3.63) is 28.4 Å². The predicted octanol–water partition coefficient (Wildman–Crippen LogP) is 2.98. The number of fused-ring (bicyclic) bond motifs is 1. The van der Waals surface area contributed by atoms with E-state index in [2.05, 4.69) is 46.0 Å². The number of nitrogens with one attached hydrogen (secondary N) is 1. The molecule has 1 atom stereocenters. The first kappa shape index (κ1) is 10.6. The summed E-state index contributed by atoms with van der Waals surface area (Å²) in [6.07, 6.45) is 0. The number of rotatable bonds is 2. The summed E-state index contributed by atoms with van der Waals surface area (Å²) in [6.45, 7) is 4.21. The molecule has 15 heavy (non-hydrogen) atoms. The quantitative estimate of drug-likeness (QED) is 0.879. The number of hydrogen-bond acceptors (Lipinski definition) is 2. The molecule has 2 aromatic rings. The molecule has 3 nitrogen and oxygen atoms in total. The lowest BCUT2D eigenvalue weighted by Gasteiger charge is -2.13. The first-order valence-electron chi connectivity index (χ1n) is 4.98. The topological polar surface area (TPSA) is 54.7 Å². The van der Waals surface area contributed by atoms with Gasteiger partial charge in [-0.05, 0) is 24.1 Å². The highest BCUT2D eigenvalue weighted by atomic mass is 79.9. The second-order valence-corrected chi connectivity index (χ2v) is 4.98. The van der Waals surface area contributed by atoms with Crippen LogP contribution in [0.25, 0.3) is 10.9 Å². The standard InChI is InChI=1S/C11H14BrN3/c1-6(2)10(13)11-8-5-7(12)3-4-9(8)14-15-11/h3-6,10H,13H2,1-2H3,(H,14,15). The second-order valence-electron chi connectivity index (χ2n) is 4.07. The third-order valence-corrected chi connectivity index (χ3v) is 3.09. The van der Waals surface area contributed by atoms with E-state index in [9.17, 15) is 0 Å². The predicted molar refractivity (Wildman–Crippen MR) is 65.6 cm³/mol. The summed E-state index contributed by atoms with van der Waals surface area (Å²) in [5.41, 5.74) is 8.09. The van der Waals surface area contributed by atoms with Crippen molar-refractivity contribution in [3.63, 3.8) is 0 Å². The second kappa shape index (κ2) is 3.94. The average Bonchev–Trinajstić information content (AvgIpc) is 2.59. The van der Waals surface area contributed by atoms with Crippen LogP contribution in [0.15, 0.2) is 22.7 Å². The van der Waals surface area contributed by atoms with Gasteiger partial charge in [0.15, 0.2) is 0 Å². The largest absolute Gasteiger partial charge is 0.322 e. The summed E-state index contributed by atoms with van der Waals surface area (Å²) in [4.78, 5) is 0. The average molecular weight is 268 g/mol. The number of nitrogens with zero attached hydrogens (tertiary/aromatic N) is 1. The van der Waals surface area contributed by atoms with Crippen LogP contribution in [-0.2, 0) is 0 Å². The van der Waals surface area contributed by atoms with Crippen molar-refractivity contribution in [2.24, 2.45) is 11.7 Å². The molecule has 0 aliphatic carbocycles. The maximum atomic E-state index is 6.11. The molecule has 1 aromatic heterocycles. The molecule has 0 aliphatic rings. The normalized spacial score (nSPS) is 13.7. The highest BCUT2D eigenvalue weighted by Gasteiger charge is 2.16. The van der Waals surface area contributed by atoms with Gasteiger partial charge in [-0.3, -0.25) is 5.10 Å². The molecule has 0 fully saturated rings. The molecule has 0 saturated heterocycles. The number of hydrogen-bond donors (Lipinski definition) is 2. The van der Waals surface area contributed by atoms with E-state index in [1.165, 1.54) is 0 Å². The van der Waals surface area contributed by atoms with Crippen molar-refractivity contribution in [2.75, 3.05) is 0 Å². The minimum atomic E-state index is 0.00398. The smallest absolute Gasteiger partial charge is 0.0925 e. The molecule has 0 radical (unpaired) electrons. The lowest BCUT2D eigenvalue weighted by molar-refractivity contribution is 0.505. The number of aromatic amines is 1. The summed E-state index contributed by atoms with van der Waals surface area (Å²) in [5, 5.41) is 8.37. The van der Waals surface area contributed by atoms with Gasteiger partial charge in [0.05, 0.1) is 11.2 Å². The van der Waals surface area contributed by atoms with Gasteiger partial charge in [-0.25, -0.2) is 0 Å². The molecule has 80 valence electrons. The Kier molecular flexibility index (Phi) is 2.80. The Morgan fingerprint density at radius 1 is 1.40 bits per heavy atom. The van der Waals surface area contributed by atoms with Gasteiger partial charge in [0.2, 0.25) is 0 Å². The Morgan fingerprint density at radius 3 is 2.80 bits per heavy atom. The monoisotopic (exact) mass is 267 g/mol. The maximum absolute atomic E-state index is 6.11. The first-order valence-corrected chi connectivity index (χ1v) is 5.78. The van der Waals surface area contributed by atoms with E-state index in [0.29, 0.717) is 5.92 Å². The van der Waals surface area contributed by atoms with E-state index < -0.39 is 0 Å². The molecule has 0 saturated carbocycles. The van der Waals surface area contributed by atoms with Gasteiger partial charge in [0.1, 0.15) is 0 Å². The van der Waals surface area contributed by atoms with E-state index in [1.54, 1.807) is 0 Å². The number of halogens is 1. The van der Waals surface area contributed by atoms with Crippen molar-refractivity contribution in [2.45, 2.75) is 19.9 Å². The third kappa shape index (κ3) is 1.92.